The highest BCUT2D eigenvalue weighted by atomic mass is 16.4. The monoisotopic (exact) mass is 262 g/mol. The van der Waals surface area contributed by atoms with Crippen molar-refractivity contribution in [2.45, 2.75) is 6.10 Å². The highest BCUT2D eigenvalue weighted by Gasteiger charge is 2.11. The van der Waals surface area contributed by atoms with E-state index in [0.29, 0.717) is 16.5 Å². The second-order valence-corrected chi connectivity index (χ2v) is 4.10. The molecule has 0 saturated heterocycles. The van der Waals surface area contributed by atoms with Crippen LogP contribution in [-0.2, 0) is 0 Å². The van der Waals surface area contributed by atoms with E-state index >= 15 is 0 Å². The third kappa shape index (κ3) is 2.81. The summed E-state index contributed by atoms with van der Waals surface area (Å²) in [7, 11) is 0. The molecule has 2 rings (SSSR count). The van der Waals surface area contributed by atoms with Gasteiger partial charge in [0, 0.05) is 35.4 Å². The van der Waals surface area contributed by atoms with Crippen molar-refractivity contribution >= 4 is 22.4 Å². The Kier molecular flexibility index (Phi) is 3.94. The van der Waals surface area contributed by atoms with Gasteiger partial charge in [-0.2, -0.15) is 0 Å². The molecule has 2 aromatic rings. The number of aromatic carboxylic acids is 1. The molecule has 1 heterocycles. The predicted octanol–water partition coefficient (Wildman–Crippen LogP) is 0.698. The summed E-state index contributed by atoms with van der Waals surface area (Å²) in [6.07, 6.45) is 2.22. The molecule has 0 saturated carbocycles. The first-order chi connectivity index (χ1) is 9.13. The molecule has 0 fully saturated rings. The molecule has 0 aliphatic heterocycles. The van der Waals surface area contributed by atoms with Crippen LogP contribution in [0.25, 0.3) is 10.8 Å². The van der Waals surface area contributed by atoms with Gasteiger partial charge in [0.15, 0.2) is 0 Å². The minimum Gasteiger partial charge on any atom is -0.478 e. The summed E-state index contributed by atoms with van der Waals surface area (Å²) in [5.74, 6) is -1.00. The van der Waals surface area contributed by atoms with E-state index in [1.54, 1.807) is 18.3 Å². The lowest BCUT2D eigenvalue weighted by Crippen LogP contribution is -2.23. The fourth-order valence-corrected chi connectivity index (χ4v) is 1.82. The van der Waals surface area contributed by atoms with Gasteiger partial charge in [-0.3, -0.25) is 4.98 Å². The van der Waals surface area contributed by atoms with Crippen molar-refractivity contribution in [1.29, 1.82) is 0 Å². The quantitative estimate of drug-likeness (QED) is 0.632. The van der Waals surface area contributed by atoms with E-state index in [0.717, 1.165) is 0 Å². The van der Waals surface area contributed by atoms with Gasteiger partial charge in [-0.05, 0) is 18.2 Å². The zero-order valence-electron chi connectivity index (χ0n) is 10.1. The molecular weight excluding hydrogens is 248 g/mol. The molecule has 0 bridgehead atoms. The summed E-state index contributed by atoms with van der Waals surface area (Å²) >= 11 is 0. The van der Waals surface area contributed by atoms with Crippen LogP contribution in [0.5, 0.6) is 0 Å². The largest absolute Gasteiger partial charge is 0.478 e. The smallest absolute Gasteiger partial charge is 0.336 e. The Bertz CT molecular complexity index is 600. The summed E-state index contributed by atoms with van der Waals surface area (Å²) < 4.78 is 0. The van der Waals surface area contributed by atoms with Gasteiger partial charge in [-0.15, -0.1) is 0 Å². The van der Waals surface area contributed by atoms with Gasteiger partial charge in [0.25, 0.3) is 0 Å². The second-order valence-electron chi connectivity index (χ2n) is 4.10. The number of hydrogen-bond acceptors (Lipinski definition) is 5. The summed E-state index contributed by atoms with van der Waals surface area (Å²) in [5, 5.41) is 31.4. The maximum atomic E-state index is 11.1. The van der Waals surface area contributed by atoms with Crippen LogP contribution in [0, 0.1) is 0 Å². The minimum atomic E-state index is -1.00. The van der Waals surface area contributed by atoms with E-state index in [4.69, 9.17) is 10.2 Å². The van der Waals surface area contributed by atoms with E-state index in [-0.39, 0.29) is 18.7 Å². The van der Waals surface area contributed by atoms with Gasteiger partial charge in [0.1, 0.15) is 0 Å². The Labute approximate surface area is 109 Å². The van der Waals surface area contributed by atoms with Crippen LogP contribution in [-0.4, -0.2) is 45.5 Å². The third-order valence-corrected chi connectivity index (χ3v) is 2.79. The van der Waals surface area contributed by atoms with Gasteiger partial charge < -0.3 is 20.6 Å². The molecule has 1 atom stereocenters. The Morgan fingerprint density at radius 1 is 1.32 bits per heavy atom. The molecule has 1 unspecified atom stereocenters. The summed E-state index contributed by atoms with van der Waals surface area (Å²) in [6.45, 7) is -0.163. The molecule has 19 heavy (non-hydrogen) atoms. The molecule has 1 aromatic heterocycles. The molecule has 1 aromatic carbocycles. The number of pyridine rings is 1. The van der Waals surface area contributed by atoms with Crippen molar-refractivity contribution in [3.8, 4) is 0 Å². The molecule has 0 aliphatic carbocycles. The highest BCUT2D eigenvalue weighted by molar-refractivity contribution is 6.07. The van der Waals surface area contributed by atoms with Crippen LogP contribution in [0.15, 0.2) is 30.6 Å². The topological polar surface area (TPSA) is 103 Å². The fraction of sp³-hybridized carbons (Fsp3) is 0.231. The molecule has 6 heteroatoms. The average molecular weight is 262 g/mol. The lowest BCUT2D eigenvalue weighted by atomic mass is 10.0. The standard InChI is InChI=1S/C13H14N2O4/c16-7-8(17)5-15-12-2-1-10(13(18)19)9-3-4-14-6-11(9)12/h1-4,6,8,15-17H,5,7H2,(H,18,19). The van der Waals surface area contributed by atoms with Crippen LogP contribution in [0.3, 0.4) is 0 Å². The van der Waals surface area contributed by atoms with Crippen molar-refractivity contribution < 1.29 is 20.1 Å². The average Bonchev–Trinajstić information content (AvgIpc) is 2.43. The maximum Gasteiger partial charge on any atom is 0.336 e. The number of carbonyl (C=O) groups is 1. The SMILES string of the molecule is O=C(O)c1ccc(NCC(O)CO)c2cnccc12. The zero-order chi connectivity index (χ0) is 13.8. The number of fused-ring (bicyclic) bond motifs is 1. The number of carboxylic acids is 1. The lowest BCUT2D eigenvalue weighted by molar-refractivity contribution is 0.0699. The summed E-state index contributed by atoms with van der Waals surface area (Å²) in [6, 6.07) is 4.75. The molecule has 0 aliphatic rings. The van der Waals surface area contributed by atoms with Crippen LogP contribution in [0.2, 0.25) is 0 Å². The molecule has 0 amide bonds. The minimum absolute atomic E-state index is 0.174. The zero-order valence-corrected chi connectivity index (χ0v) is 10.1. The number of aliphatic hydroxyl groups is 2. The van der Waals surface area contributed by atoms with E-state index < -0.39 is 12.1 Å². The number of anilines is 1. The predicted molar refractivity (Wildman–Crippen MR) is 70.3 cm³/mol. The number of aliphatic hydroxyl groups excluding tert-OH is 2. The van der Waals surface area contributed by atoms with E-state index in [9.17, 15) is 9.90 Å². The number of nitrogens with one attached hydrogen (secondary N) is 1. The number of rotatable bonds is 5. The molecular formula is C13H14N2O4. The van der Waals surface area contributed by atoms with Gasteiger partial charge >= 0.3 is 5.97 Å². The second kappa shape index (κ2) is 5.64. The van der Waals surface area contributed by atoms with E-state index in [1.807, 2.05) is 0 Å². The van der Waals surface area contributed by atoms with Crippen LogP contribution >= 0.6 is 0 Å². The third-order valence-electron chi connectivity index (χ3n) is 2.79. The Balaban J connectivity index is 2.41. The van der Waals surface area contributed by atoms with Gasteiger partial charge in [-0.1, -0.05) is 0 Å². The molecule has 0 spiro atoms. The fourth-order valence-electron chi connectivity index (χ4n) is 1.82. The first-order valence-electron chi connectivity index (χ1n) is 5.76. The molecule has 0 radical (unpaired) electrons. The Hall–Kier alpha value is -2.18. The molecule has 4 N–H and O–H groups in total. The van der Waals surface area contributed by atoms with Crippen molar-refractivity contribution in [2.75, 3.05) is 18.5 Å². The summed E-state index contributed by atoms with van der Waals surface area (Å²) in [4.78, 5) is 15.1. The van der Waals surface area contributed by atoms with Crippen molar-refractivity contribution in [1.82, 2.24) is 4.98 Å². The van der Waals surface area contributed by atoms with Crippen molar-refractivity contribution in [3.63, 3.8) is 0 Å². The van der Waals surface area contributed by atoms with Gasteiger partial charge in [0.2, 0.25) is 0 Å². The number of hydrogen-bond donors (Lipinski definition) is 4. The lowest BCUT2D eigenvalue weighted by Gasteiger charge is -2.13. The maximum absolute atomic E-state index is 11.1. The highest BCUT2D eigenvalue weighted by Crippen LogP contribution is 2.25. The van der Waals surface area contributed by atoms with E-state index in [2.05, 4.69) is 10.3 Å². The first kappa shape index (κ1) is 13.3. The van der Waals surface area contributed by atoms with Gasteiger partial charge in [-0.25, -0.2) is 4.79 Å². The number of aromatic nitrogens is 1. The number of nitrogens with zero attached hydrogens (tertiary/aromatic N) is 1. The van der Waals surface area contributed by atoms with E-state index in [1.165, 1.54) is 12.3 Å². The van der Waals surface area contributed by atoms with Crippen LogP contribution in [0.1, 0.15) is 10.4 Å². The van der Waals surface area contributed by atoms with Crippen molar-refractivity contribution in [2.24, 2.45) is 0 Å². The first-order valence-corrected chi connectivity index (χ1v) is 5.76. The Morgan fingerprint density at radius 2 is 2.11 bits per heavy atom. The van der Waals surface area contributed by atoms with Crippen LogP contribution in [0.4, 0.5) is 5.69 Å². The summed E-state index contributed by atoms with van der Waals surface area (Å²) in [5.41, 5.74) is 0.867. The van der Waals surface area contributed by atoms with Gasteiger partial charge in [0.05, 0.1) is 18.3 Å². The van der Waals surface area contributed by atoms with Crippen LogP contribution < -0.4 is 5.32 Å². The molecule has 6 nitrogen and oxygen atoms in total. The Morgan fingerprint density at radius 3 is 2.79 bits per heavy atom. The number of carboxylic acid groups (broad SMARTS) is 1. The molecule has 100 valence electrons. The normalized spacial score (nSPS) is 12.3. The number of benzene rings is 1. The van der Waals surface area contributed by atoms with Crippen molar-refractivity contribution in [3.05, 3.63) is 36.2 Å².